The first-order valence-corrected chi connectivity index (χ1v) is 6.47. The molecule has 0 atom stereocenters. The van der Waals surface area contributed by atoms with Crippen LogP contribution < -0.4 is 5.32 Å². The fourth-order valence-electron chi connectivity index (χ4n) is 2.27. The number of hydrogen-bond donors (Lipinski definition) is 1. The van der Waals surface area contributed by atoms with E-state index in [1.54, 1.807) is 0 Å². The Balaban J connectivity index is 2.21. The Morgan fingerprint density at radius 2 is 2.00 bits per heavy atom. The maximum Gasteiger partial charge on any atom is 0.325 e. The number of nitrogens with one attached hydrogen (secondary N) is 1. The molecule has 0 aliphatic carbocycles. The highest BCUT2D eigenvalue weighted by molar-refractivity contribution is 5.79. The van der Waals surface area contributed by atoms with Crippen LogP contribution in [0.4, 0.5) is 0 Å². The number of carbonyl (C=O) groups excluding carboxylic acids is 1. The first-order valence-electron chi connectivity index (χ1n) is 6.47. The summed E-state index contributed by atoms with van der Waals surface area (Å²) >= 11 is 0. The number of hydrogen-bond acceptors (Lipinski definition) is 4. The van der Waals surface area contributed by atoms with E-state index in [2.05, 4.69) is 17.3 Å². The molecular formula is C13H26N2O2. The summed E-state index contributed by atoms with van der Waals surface area (Å²) in [6.07, 6.45) is 3.70. The zero-order valence-electron chi connectivity index (χ0n) is 11.6. The number of nitrogens with zero attached hydrogens (tertiary/aromatic N) is 1. The number of methoxy groups -OCH3 is 1. The summed E-state index contributed by atoms with van der Waals surface area (Å²) in [5, 5.41) is 3.28. The summed E-state index contributed by atoms with van der Waals surface area (Å²) in [6, 6.07) is 0. The van der Waals surface area contributed by atoms with Gasteiger partial charge >= 0.3 is 5.97 Å². The molecule has 1 fully saturated rings. The van der Waals surface area contributed by atoms with E-state index in [-0.39, 0.29) is 5.97 Å². The number of piperidine rings is 1. The molecule has 0 unspecified atom stereocenters. The van der Waals surface area contributed by atoms with Gasteiger partial charge in [0.15, 0.2) is 0 Å². The van der Waals surface area contributed by atoms with Crippen LogP contribution in [0.2, 0.25) is 0 Å². The molecule has 0 aromatic rings. The molecule has 0 aromatic heterocycles. The van der Waals surface area contributed by atoms with Gasteiger partial charge in [-0.3, -0.25) is 4.79 Å². The molecule has 0 amide bonds. The molecule has 1 aliphatic heterocycles. The van der Waals surface area contributed by atoms with Crippen LogP contribution in [0.15, 0.2) is 0 Å². The van der Waals surface area contributed by atoms with Crippen LogP contribution in [0.25, 0.3) is 0 Å². The van der Waals surface area contributed by atoms with Gasteiger partial charge in [0.2, 0.25) is 0 Å². The van der Waals surface area contributed by atoms with E-state index >= 15 is 0 Å². The monoisotopic (exact) mass is 242 g/mol. The van der Waals surface area contributed by atoms with E-state index in [1.807, 2.05) is 13.8 Å². The molecule has 1 heterocycles. The highest BCUT2D eigenvalue weighted by atomic mass is 16.5. The van der Waals surface area contributed by atoms with Crippen molar-refractivity contribution in [1.29, 1.82) is 0 Å². The van der Waals surface area contributed by atoms with Gasteiger partial charge in [0, 0.05) is 0 Å². The molecule has 17 heavy (non-hydrogen) atoms. The van der Waals surface area contributed by atoms with Crippen molar-refractivity contribution in [1.82, 2.24) is 10.2 Å². The van der Waals surface area contributed by atoms with E-state index < -0.39 is 5.54 Å². The molecule has 0 bridgehead atoms. The standard InChI is InChI=1S/C13H26N2O2/c1-13(2,12(16)17-4)14-8-5-11-6-9-15(3)10-7-11/h11,14H,5-10H2,1-4H3. The predicted octanol–water partition coefficient (Wildman–Crippen LogP) is 1.26. The molecule has 4 heteroatoms. The van der Waals surface area contributed by atoms with Crippen LogP contribution in [0.5, 0.6) is 0 Å². The molecule has 0 saturated carbocycles. The third-order valence-electron chi connectivity index (χ3n) is 3.65. The number of esters is 1. The minimum Gasteiger partial charge on any atom is -0.468 e. The van der Waals surface area contributed by atoms with Crippen LogP contribution in [0, 0.1) is 5.92 Å². The molecule has 0 spiro atoms. The van der Waals surface area contributed by atoms with Gasteiger partial charge in [-0.25, -0.2) is 0 Å². The summed E-state index contributed by atoms with van der Waals surface area (Å²) in [6.45, 7) is 7.02. The fourth-order valence-corrected chi connectivity index (χ4v) is 2.27. The van der Waals surface area contributed by atoms with E-state index in [4.69, 9.17) is 4.74 Å². The fraction of sp³-hybridized carbons (Fsp3) is 0.923. The smallest absolute Gasteiger partial charge is 0.325 e. The SMILES string of the molecule is COC(=O)C(C)(C)NCCC1CCN(C)CC1. The van der Waals surface area contributed by atoms with Crippen LogP contribution in [0.3, 0.4) is 0 Å². The Morgan fingerprint density at radius 3 is 2.53 bits per heavy atom. The first kappa shape index (κ1) is 14.5. The minimum atomic E-state index is -0.569. The number of ether oxygens (including phenoxy) is 1. The van der Waals surface area contributed by atoms with Gasteiger partial charge in [0.1, 0.15) is 5.54 Å². The molecule has 100 valence electrons. The Kier molecular flexibility index (Phi) is 5.40. The first-order chi connectivity index (χ1) is 7.95. The van der Waals surface area contributed by atoms with Gasteiger partial charge in [-0.1, -0.05) is 0 Å². The van der Waals surface area contributed by atoms with Crippen molar-refractivity contribution in [3.05, 3.63) is 0 Å². The van der Waals surface area contributed by atoms with Gasteiger partial charge in [-0.15, -0.1) is 0 Å². The van der Waals surface area contributed by atoms with Crippen LogP contribution in [-0.4, -0.2) is 50.2 Å². The summed E-state index contributed by atoms with van der Waals surface area (Å²) in [5.74, 6) is 0.605. The van der Waals surface area contributed by atoms with E-state index in [0.29, 0.717) is 0 Å². The van der Waals surface area contributed by atoms with Gasteiger partial charge in [0.05, 0.1) is 7.11 Å². The van der Waals surface area contributed by atoms with E-state index in [9.17, 15) is 4.79 Å². The Bertz CT molecular complexity index is 246. The Morgan fingerprint density at radius 1 is 1.41 bits per heavy atom. The summed E-state index contributed by atoms with van der Waals surface area (Å²) in [4.78, 5) is 13.8. The van der Waals surface area contributed by atoms with Crippen molar-refractivity contribution in [3.63, 3.8) is 0 Å². The van der Waals surface area contributed by atoms with Crippen molar-refractivity contribution in [3.8, 4) is 0 Å². The average Bonchev–Trinajstić information content (AvgIpc) is 2.30. The second kappa shape index (κ2) is 6.36. The summed E-state index contributed by atoms with van der Waals surface area (Å²) < 4.78 is 4.76. The highest BCUT2D eigenvalue weighted by Gasteiger charge is 2.28. The predicted molar refractivity (Wildman–Crippen MR) is 68.9 cm³/mol. The Labute approximate surface area is 105 Å². The van der Waals surface area contributed by atoms with E-state index in [1.165, 1.54) is 33.0 Å². The third-order valence-corrected chi connectivity index (χ3v) is 3.65. The molecule has 0 aromatic carbocycles. The third kappa shape index (κ3) is 4.64. The number of likely N-dealkylation sites (tertiary alicyclic amines) is 1. The lowest BCUT2D eigenvalue weighted by molar-refractivity contribution is -0.147. The lowest BCUT2D eigenvalue weighted by Crippen LogP contribution is -2.48. The normalized spacial score (nSPS) is 19.3. The van der Waals surface area contributed by atoms with Gasteiger partial charge in [-0.05, 0) is 65.7 Å². The summed E-state index contributed by atoms with van der Waals surface area (Å²) in [7, 11) is 3.61. The maximum absolute atomic E-state index is 11.5. The van der Waals surface area contributed by atoms with Crippen molar-refractivity contribution < 1.29 is 9.53 Å². The van der Waals surface area contributed by atoms with Crippen LogP contribution >= 0.6 is 0 Å². The lowest BCUT2D eigenvalue weighted by Gasteiger charge is -2.30. The largest absolute Gasteiger partial charge is 0.468 e. The van der Waals surface area contributed by atoms with Crippen molar-refractivity contribution in [2.45, 2.75) is 38.6 Å². The molecule has 1 saturated heterocycles. The Hall–Kier alpha value is -0.610. The number of carbonyl (C=O) groups is 1. The molecule has 1 rings (SSSR count). The second-order valence-corrected chi connectivity index (χ2v) is 5.58. The summed E-state index contributed by atoms with van der Waals surface area (Å²) in [5.41, 5.74) is -0.569. The van der Waals surface area contributed by atoms with E-state index in [0.717, 1.165) is 18.9 Å². The molecule has 0 radical (unpaired) electrons. The molecule has 4 nitrogen and oxygen atoms in total. The van der Waals surface area contributed by atoms with Crippen molar-refractivity contribution in [2.75, 3.05) is 33.8 Å². The topological polar surface area (TPSA) is 41.6 Å². The molecule has 1 N–H and O–H groups in total. The van der Waals surface area contributed by atoms with Crippen LogP contribution in [-0.2, 0) is 9.53 Å². The van der Waals surface area contributed by atoms with Gasteiger partial charge in [-0.2, -0.15) is 0 Å². The zero-order chi connectivity index (χ0) is 12.9. The quantitative estimate of drug-likeness (QED) is 0.737. The molecule has 1 aliphatic rings. The highest BCUT2D eigenvalue weighted by Crippen LogP contribution is 2.19. The van der Waals surface area contributed by atoms with Crippen molar-refractivity contribution in [2.24, 2.45) is 5.92 Å². The average molecular weight is 242 g/mol. The zero-order valence-corrected chi connectivity index (χ0v) is 11.6. The van der Waals surface area contributed by atoms with Crippen molar-refractivity contribution >= 4 is 5.97 Å². The lowest BCUT2D eigenvalue weighted by atomic mass is 9.93. The minimum absolute atomic E-state index is 0.194. The molecular weight excluding hydrogens is 216 g/mol. The van der Waals surface area contributed by atoms with Gasteiger partial charge < -0.3 is 15.0 Å². The van der Waals surface area contributed by atoms with Gasteiger partial charge in [0.25, 0.3) is 0 Å². The van der Waals surface area contributed by atoms with Crippen LogP contribution in [0.1, 0.15) is 33.1 Å². The second-order valence-electron chi connectivity index (χ2n) is 5.58. The number of rotatable bonds is 5. The maximum atomic E-state index is 11.5.